The Bertz CT molecular complexity index is 517. The molecular formula is C9H12F2N2O3S. The zero-order valence-electron chi connectivity index (χ0n) is 8.94. The van der Waals surface area contributed by atoms with Gasteiger partial charge in [-0.25, -0.2) is 21.9 Å². The van der Waals surface area contributed by atoms with Gasteiger partial charge in [-0.15, -0.1) is 0 Å². The van der Waals surface area contributed by atoms with Gasteiger partial charge in [-0.3, -0.25) is 0 Å². The first-order chi connectivity index (χ1) is 7.74. The summed E-state index contributed by atoms with van der Waals surface area (Å²) in [5, 5.41) is 8.92. The van der Waals surface area contributed by atoms with Crippen molar-refractivity contribution >= 4 is 15.7 Å². The van der Waals surface area contributed by atoms with E-state index in [0.717, 1.165) is 6.07 Å². The first-order valence-corrected chi connectivity index (χ1v) is 6.14. The number of benzene rings is 1. The highest BCUT2D eigenvalue weighted by molar-refractivity contribution is 7.89. The van der Waals surface area contributed by atoms with Gasteiger partial charge in [0, 0.05) is 12.2 Å². The largest absolute Gasteiger partial charge is 0.399 e. The fourth-order valence-electron chi connectivity index (χ4n) is 1.09. The second kappa shape index (κ2) is 4.94. The number of anilines is 1. The summed E-state index contributed by atoms with van der Waals surface area (Å²) in [5.41, 5.74) is 5.03. The van der Waals surface area contributed by atoms with Crippen molar-refractivity contribution in [1.82, 2.24) is 4.72 Å². The average molecular weight is 266 g/mol. The third-order valence-electron chi connectivity index (χ3n) is 1.88. The van der Waals surface area contributed by atoms with Gasteiger partial charge in [0.05, 0.1) is 6.10 Å². The molecule has 0 amide bonds. The lowest BCUT2D eigenvalue weighted by Crippen LogP contribution is -2.31. The van der Waals surface area contributed by atoms with Crippen LogP contribution in [0.2, 0.25) is 0 Å². The van der Waals surface area contributed by atoms with E-state index in [4.69, 9.17) is 10.8 Å². The topological polar surface area (TPSA) is 92.4 Å². The molecule has 0 aliphatic heterocycles. The van der Waals surface area contributed by atoms with E-state index in [2.05, 4.69) is 0 Å². The van der Waals surface area contributed by atoms with E-state index in [1.54, 1.807) is 0 Å². The molecule has 0 fully saturated rings. The third-order valence-corrected chi connectivity index (χ3v) is 3.30. The summed E-state index contributed by atoms with van der Waals surface area (Å²) in [7, 11) is -4.24. The molecule has 5 nitrogen and oxygen atoms in total. The molecule has 96 valence electrons. The van der Waals surface area contributed by atoms with Crippen molar-refractivity contribution in [3.05, 3.63) is 23.8 Å². The van der Waals surface area contributed by atoms with Crippen LogP contribution in [-0.4, -0.2) is 26.2 Å². The molecule has 0 aliphatic carbocycles. The number of sulfonamides is 1. The van der Waals surface area contributed by atoms with E-state index in [1.165, 1.54) is 6.92 Å². The Hall–Kier alpha value is -1.25. The minimum Gasteiger partial charge on any atom is -0.399 e. The SMILES string of the molecule is C[C@H](O)CNS(=O)(=O)c1cc(N)cc(F)c1F. The predicted molar refractivity (Wildman–Crippen MR) is 57.6 cm³/mol. The molecule has 0 bridgehead atoms. The number of aliphatic hydroxyl groups excluding tert-OH is 1. The molecule has 1 atom stereocenters. The van der Waals surface area contributed by atoms with Gasteiger partial charge in [0.25, 0.3) is 0 Å². The molecule has 0 saturated carbocycles. The Labute approximate surface area is 97.3 Å². The Kier molecular flexibility index (Phi) is 4.02. The lowest BCUT2D eigenvalue weighted by atomic mass is 10.3. The molecule has 0 unspecified atom stereocenters. The van der Waals surface area contributed by atoms with Crippen molar-refractivity contribution in [1.29, 1.82) is 0 Å². The maximum Gasteiger partial charge on any atom is 0.243 e. The maximum absolute atomic E-state index is 13.3. The lowest BCUT2D eigenvalue weighted by Gasteiger charge is -2.10. The van der Waals surface area contributed by atoms with Crippen LogP contribution >= 0.6 is 0 Å². The summed E-state index contributed by atoms with van der Waals surface area (Å²) in [5.74, 6) is -2.85. The molecule has 1 rings (SSSR count). The highest BCUT2D eigenvalue weighted by Gasteiger charge is 2.22. The summed E-state index contributed by atoms with van der Waals surface area (Å²) in [6.07, 6.45) is -0.946. The zero-order valence-corrected chi connectivity index (χ0v) is 9.76. The number of hydrogen-bond donors (Lipinski definition) is 3. The van der Waals surface area contributed by atoms with Crippen LogP contribution in [0, 0.1) is 11.6 Å². The Morgan fingerprint density at radius 1 is 1.47 bits per heavy atom. The molecule has 8 heteroatoms. The van der Waals surface area contributed by atoms with Crippen LogP contribution < -0.4 is 10.5 Å². The van der Waals surface area contributed by atoms with E-state index in [9.17, 15) is 17.2 Å². The van der Waals surface area contributed by atoms with Gasteiger partial charge in [0.15, 0.2) is 11.6 Å². The highest BCUT2D eigenvalue weighted by Crippen LogP contribution is 2.20. The van der Waals surface area contributed by atoms with E-state index >= 15 is 0 Å². The minimum absolute atomic E-state index is 0.207. The van der Waals surface area contributed by atoms with Crippen LogP contribution in [0.25, 0.3) is 0 Å². The van der Waals surface area contributed by atoms with Crippen LogP contribution in [0.4, 0.5) is 14.5 Å². The predicted octanol–water partition coefficient (Wildman–Crippen LogP) is 0.206. The number of aliphatic hydroxyl groups is 1. The Balaban J connectivity index is 3.15. The molecule has 0 saturated heterocycles. The quantitative estimate of drug-likeness (QED) is 0.679. The van der Waals surface area contributed by atoms with Crippen LogP contribution in [0.3, 0.4) is 0 Å². The van der Waals surface area contributed by atoms with Crippen LogP contribution in [-0.2, 0) is 10.0 Å². The summed E-state index contributed by atoms with van der Waals surface area (Å²) in [6.45, 7) is 1.04. The second-order valence-corrected chi connectivity index (χ2v) is 5.25. The number of halogens is 2. The first kappa shape index (κ1) is 13.8. The van der Waals surface area contributed by atoms with Gasteiger partial charge in [0.1, 0.15) is 4.90 Å². The number of hydrogen-bond acceptors (Lipinski definition) is 4. The van der Waals surface area contributed by atoms with Crippen molar-refractivity contribution in [2.24, 2.45) is 0 Å². The minimum atomic E-state index is -4.24. The molecule has 17 heavy (non-hydrogen) atoms. The number of nitrogens with two attached hydrogens (primary N) is 1. The lowest BCUT2D eigenvalue weighted by molar-refractivity contribution is 0.198. The smallest absolute Gasteiger partial charge is 0.243 e. The average Bonchev–Trinajstić information content (AvgIpc) is 2.20. The maximum atomic E-state index is 13.3. The normalized spacial score (nSPS) is 13.6. The van der Waals surface area contributed by atoms with E-state index in [0.29, 0.717) is 6.07 Å². The fourth-order valence-corrected chi connectivity index (χ4v) is 2.33. The van der Waals surface area contributed by atoms with E-state index in [-0.39, 0.29) is 12.2 Å². The Morgan fingerprint density at radius 3 is 2.59 bits per heavy atom. The van der Waals surface area contributed by atoms with E-state index < -0.39 is 32.7 Å². The fraction of sp³-hybridized carbons (Fsp3) is 0.333. The summed E-state index contributed by atoms with van der Waals surface area (Å²) < 4.78 is 51.3. The molecule has 4 N–H and O–H groups in total. The van der Waals surface area contributed by atoms with Crippen molar-refractivity contribution in [2.45, 2.75) is 17.9 Å². The molecule has 0 aromatic heterocycles. The van der Waals surface area contributed by atoms with E-state index in [1.807, 2.05) is 4.72 Å². The van der Waals surface area contributed by atoms with Crippen molar-refractivity contribution in [3.63, 3.8) is 0 Å². The van der Waals surface area contributed by atoms with Gasteiger partial charge in [0.2, 0.25) is 10.0 Å². The van der Waals surface area contributed by atoms with Gasteiger partial charge >= 0.3 is 0 Å². The standard InChI is InChI=1S/C9H12F2N2O3S/c1-5(14)4-13-17(15,16)8-3-6(12)2-7(10)9(8)11/h2-3,5,13-14H,4,12H2,1H3/t5-/m0/s1. The first-order valence-electron chi connectivity index (χ1n) is 4.66. The van der Waals surface area contributed by atoms with Crippen molar-refractivity contribution < 1.29 is 22.3 Å². The van der Waals surface area contributed by atoms with Crippen LogP contribution in [0.1, 0.15) is 6.92 Å². The highest BCUT2D eigenvalue weighted by atomic mass is 32.2. The van der Waals surface area contributed by atoms with Crippen molar-refractivity contribution in [2.75, 3.05) is 12.3 Å². The Morgan fingerprint density at radius 2 is 2.06 bits per heavy atom. The summed E-state index contributed by atoms with van der Waals surface area (Å²) in [6, 6.07) is 1.49. The molecule has 1 aromatic carbocycles. The summed E-state index contributed by atoms with van der Waals surface area (Å²) >= 11 is 0. The van der Waals surface area contributed by atoms with Crippen molar-refractivity contribution in [3.8, 4) is 0 Å². The molecule has 1 aromatic rings. The number of rotatable bonds is 4. The third kappa shape index (κ3) is 3.35. The van der Waals surface area contributed by atoms with Crippen LogP contribution in [0.15, 0.2) is 17.0 Å². The van der Waals surface area contributed by atoms with Gasteiger partial charge in [-0.05, 0) is 19.1 Å². The van der Waals surface area contributed by atoms with Crippen LogP contribution in [0.5, 0.6) is 0 Å². The number of nitrogen functional groups attached to an aromatic ring is 1. The number of nitrogens with one attached hydrogen (secondary N) is 1. The second-order valence-electron chi connectivity index (χ2n) is 3.52. The van der Waals surface area contributed by atoms with Gasteiger partial charge < -0.3 is 10.8 Å². The molecule has 0 aliphatic rings. The van der Waals surface area contributed by atoms with Gasteiger partial charge in [-0.2, -0.15) is 0 Å². The molecule has 0 radical (unpaired) electrons. The van der Waals surface area contributed by atoms with Gasteiger partial charge in [-0.1, -0.05) is 0 Å². The molecular weight excluding hydrogens is 254 g/mol. The zero-order chi connectivity index (χ0) is 13.2. The molecule has 0 heterocycles. The summed E-state index contributed by atoms with van der Waals surface area (Å²) in [4.78, 5) is -0.879. The molecule has 0 spiro atoms. The monoisotopic (exact) mass is 266 g/mol.